The Morgan fingerprint density at radius 2 is 1.93 bits per heavy atom. The fraction of sp³-hybridized carbons (Fsp3) is 0.455. The molecule has 2 aromatic rings. The Balaban J connectivity index is 1.71. The number of carbonyl (C=O) groups excluding carboxylic acids is 2. The van der Waals surface area contributed by atoms with Gasteiger partial charge in [-0.15, -0.1) is 11.3 Å². The molecule has 1 atom stereocenters. The number of thiophene rings is 1. The van der Waals surface area contributed by atoms with E-state index in [9.17, 15) is 9.59 Å². The molecule has 2 amide bonds. The molecule has 0 radical (unpaired) electrons. The third-order valence-corrected chi connectivity index (χ3v) is 7.05. The first-order valence-electron chi connectivity index (χ1n) is 9.77. The van der Waals surface area contributed by atoms with Crippen molar-refractivity contribution in [2.75, 3.05) is 4.90 Å². The maximum atomic E-state index is 13.5. The van der Waals surface area contributed by atoms with E-state index in [1.54, 1.807) is 16.2 Å². The van der Waals surface area contributed by atoms with Gasteiger partial charge in [-0.25, -0.2) is 0 Å². The van der Waals surface area contributed by atoms with Gasteiger partial charge in [0.2, 0.25) is 5.91 Å². The lowest BCUT2D eigenvalue weighted by Crippen LogP contribution is -2.69. The molecule has 5 heteroatoms. The number of benzene rings is 1. The monoisotopic (exact) mass is 382 g/mol. The molecule has 0 bridgehead atoms. The minimum Gasteiger partial charge on any atom is -0.351 e. The van der Waals surface area contributed by atoms with Crippen LogP contribution in [0.1, 0.15) is 54.5 Å². The van der Waals surface area contributed by atoms with Crippen molar-refractivity contribution in [2.24, 2.45) is 0 Å². The number of amides is 2. The normalized spacial score (nSPS) is 23.2. The van der Waals surface area contributed by atoms with Gasteiger partial charge in [0, 0.05) is 16.6 Å². The summed E-state index contributed by atoms with van der Waals surface area (Å²) in [5, 5.41) is 5.25. The number of nitrogens with one attached hydrogen (secondary N) is 1. The SMILES string of the molecule is Cc1ccc(N2C(=O)CC2(C(=O)NC2CCCCC2)c2cccs2)cc1C. The summed E-state index contributed by atoms with van der Waals surface area (Å²) in [6.07, 6.45) is 5.87. The zero-order valence-electron chi connectivity index (χ0n) is 16.0. The molecule has 142 valence electrons. The molecule has 2 aliphatic rings. The van der Waals surface area contributed by atoms with Crippen LogP contribution in [0.4, 0.5) is 5.69 Å². The molecule has 1 saturated heterocycles. The van der Waals surface area contributed by atoms with Crippen LogP contribution in [0.25, 0.3) is 0 Å². The number of nitrogens with zero attached hydrogens (tertiary/aromatic N) is 1. The van der Waals surface area contributed by atoms with Crippen molar-refractivity contribution in [2.45, 2.75) is 64.0 Å². The maximum absolute atomic E-state index is 13.5. The van der Waals surface area contributed by atoms with Crippen LogP contribution in [0, 0.1) is 13.8 Å². The highest BCUT2D eigenvalue weighted by molar-refractivity contribution is 7.10. The quantitative estimate of drug-likeness (QED) is 0.795. The zero-order chi connectivity index (χ0) is 19.0. The molecule has 1 aromatic carbocycles. The summed E-state index contributed by atoms with van der Waals surface area (Å²) in [5.41, 5.74) is 2.20. The lowest BCUT2D eigenvalue weighted by molar-refractivity contribution is -0.140. The van der Waals surface area contributed by atoms with Crippen LogP contribution >= 0.6 is 11.3 Å². The Morgan fingerprint density at radius 3 is 2.56 bits per heavy atom. The highest BCUT2D eigenvalue weighted by Gasteiger charge is 2.59. The molecule has 4 rings (SSSR count). The average Bonchev–Trinajstić information content (AvgIpc) is 3.18. The summed E-state index contributed by atoms with van der Waals surface area (Å²) in [6.45, 7) is 4.09. The van der Waals surface area contributed by atoms with Crippen molar-refractivity contribution >= 4 is 28.8 Å². The molecule has 0 spiro atoms. The zero-order valence-corrected chi connectivity index (χ0v) is 16.8. The van der Waals surface area contributed by atoms with Gasteiger partial charge in [-0.3, -0.25) is 14.5 Å². The van der Waals surface area contributed by atoms with Gasteiger partial charge in [0.1, 0.15) is 0 Å². The van der Waals surface area contributed by atoms with E-state index in [4.69, 9.17) is 0 Å². The van der Waals surface area contributed by atoms with Gasteiger partial charge in [-0.1, -0.05) is 31.4 Å². The van der Waals surface area contributed by atoms with Gasteiger partial charge in [0.15, 0.2) is 5.54 Å². The van der Waals surface area contributed by atoms with Crippen molar-refractivity contribution in [1.82, 2.24) is 5.32 Å². The first-order valence-corrected chi connectivity index (χ1v) is 10.7. The average molecular weight is 383 g/mol. The molecule has 1 aliphatic heterocycles. The molecule has 1 aromatic heterocycles. The molecular formula is C22H26N2O2S. The Labute approximate surface area is 164 Å². The molecule has 1 aliphatic carbocycles. The van der Waals surface area contributed by atoms with E-state index in [0.717, 1.165) is 41.8 Å². The predicted molar refractivity (Wildman–Crippen MR) is 109 cm³/mol. The van der Waals surface area contributed by atoms with Crippen LogP contribution in [0.3, 0.4) is 0 Å². The number of aryl methyl sites for hydroxylation is 2. The van der Waals surface area contributed by atoms with E-state index in [2.05, 4.69) is 12.2 Å². The Kier molecular flexibility index (Phi) is 4.81. The number of carbonyl (C=O) groups is 2. The van der Waals surface area contributed by atoms with Gasteiger partial charge in [0.05, 0.1) is 6.42 Å². The molecular weight excluding hydrogens is 356 g/mol. The first kappa shape index (κ1) is 18.2. The second-order valence-corrected chi connectivity index (χ2v) is 8.77. The number of rotatable bonds is 4. The molecule has 1 N–H and O–H groups in total. The van der Waals surface area contributed by atoms with Crippen molar-refractivity contribution < 1.29 is 9.59 Å². The van der Waals surface area contributed by atoms with Gasteiger partial charge < -0.3 is 5.32 Å². The van der Waals surface area contributed by atoms with Crippen LogP contribution in [-0.4, -0.2) is 17.9 Å². The molecule has 1 saturated carbocycles. The second-order valence-electron chi connectivity index (χ2n) is 7.82. The summed E-state index contributed by atoms with van der Waals surface area (Å²) in [7, 11) is 0. The molecule has 1 unspecified atom stereocenters. The number of β-lactam (4-membered cyclic amide) rings is 1. The lowest BCUT2D eigenvalue weighted by atomic mass is 9.79. The van der Waals surface area contributed by atoms with Crippen LogP contribution in [0.2, 0.25) is 0 Å². The summed E-state index contributed by atoms with van der Waals surface area (Å²) < 4.78 is 0. The number of hydrogen-bond acceptors (Lipinski definition) is 3. The van der Waals surface area contributed by atoms with Gasteiger partial charge in [-0.05, 0) is 61.4 Å². The topological polar surface area (TPSA) is 49.4 Å². The minimum atomic E-state index is -0.912. The van der Waals surface area contributed by atoms with Crippen LogP contribution in [-0.2, 0) is 15.1 Å². The number of hydrogen-bond donors (Lipinski definition) is 1. The van der Waals surface area contributed by atoms with Crippen LogP contribution in [0.5, 0.6) is 0 Å². The Morgan fingerprint density at radius 1 is 1.15 bits per heavy atom. The smallest absolute Gasteiger partial charge is 0.252 e. The van der Waals surface area contributed by atoms with Gasteiger partial charge in [-0.2, -0.15) is 0 Å². The Bertz CT molecular complexity index is 855. The molecule has 4 nitrogen and oxygen atoms in total. The van der Waals surface area contributed by atoms with Crippen molar-refractivity contribution in [3.63, 3.8) is 0 Å². The highest BCUT2D eigenvalue weighted by atomic mass is 32.1. The fourth-order valence-corrected chi connectivity index (χ4v) is 5.20. The minimum absolute atomic E-state index is 0.00504. The summed E-state index contributed by atoms with van der Waals surface area (Å²) in [6, 6.07) is 10.1. The predicted octanol–water partition coefficient (Wildman–Crippen LogP) is 4.45. The first-order chi connectivity index (χ1) is 13.0. The van der Waals surface area contributed by atoms with Gasteiger partial charge in [0.25, 0.3) is 5.91 Å². The summed E-state index contributed by atoms with van der Waals surface area (Å²) in [4.78, 5) is 28.8. The second kappa shape index (κ2) is 7.12. The molecule has 2 fully saturated rings. The van der Waals surface area contributed by atoms with E-state index in [-0.39, 0.29) is 24.3 Å². The standard InChI is InChI=1S/C22H26N2O2S/c1-15-10-11-18(13-16(15)2)24-20(25)14-22(24,19-9-6-12-27-19)21(26)23-17-7-4-3-5-8-17/h6,9-13,17H,3-5,7-8,14H2,1-2H3,(H,23,26). The lowest BCUT2D eigenvalue weighted by Gasteiger charge is -2.50. The largest absolute Gasteiger partial charge is 0.351 e. The van der Waals surface area contributed by atoms with Crippen molar-refractivity contribution in [3.8, 4) is 0 Å². The van der Waals surface area contributed by atoms with E-state index in [1.165, 1.54) is 12.0 Å². The van der Waals surface area contributed by atoms with E-state index in [1.807, 2.05) is 42.6 Å². The Hall–Kier alpha value is -2.14. The molecule has 27 heavy (non-hydrogen) atoms. The van der Waals surface area contributed by atoms with E-state index >= 15 is 0 Å². The third-order valence-electron chi connectivity index (χ3n) is 6.03. The van der Waals surface area contributed by atoms with Crippen molar-refractivity contribution in [3.05, 3.63) is 51.7 Å². The van der Waals surface area contributed by atoms with E-state index in [0.29, 0.717) is 0 Å². The molecule has 2 heterocycles. The number of anilines is 1. The fourth-order valence-electron chi connectivity index (χ4n) is 4.28. The maximum Gasteiger partial charge on any atom is 0.252 e. The summed E-state index contributed by atoms with van der Waals surface area (Å²) in [5.74, 6) is -0.0277. The van der Waals surface area contributed by atoms with E-state index < -0.39 is 5.54 Å². The van der Waals surface area contributed by atoms with Crippen LogP contribution in [0.15, 0.2) is 35.7 Å². The van der Waals surface area contributed by atoms with Crippen molar-refractivity contribution in [1.29, 1.82) is 0 Å². The van der Waals surface area contributed by atoms with Crippen LogP contribution < -0.4 is 10.2 Å². The summed E-state index contributed by atoms with van der Waals surface area (Å²) >= 11 is 1.55. The highest BCUT2D eigenvalue weighted by Crippen LogP contribution is 2.47. The third kappa shape index (κ3) is 3.08. The van der Waals surface area contributed by atoms with Gasteiger partial charge >= 0.3 is 0 Å².